The van der Waals surface area contributed by atoms with E-state index in [-0.39, 0.29) is 0 Å². The second-order valence-electron chi connectivity index (χ2n) is 3.00. The molecule has 0 nitrogen and oxygen atoms in total. The van der Waals surface area contributed by atoms with Crippen molar-refractivity contribution < 1.29 is 16.6 Å². The predicted molar refractivity (Wildman–Crippen MR) is 23.5 cm³/mol. The van der Waals surface area contributed by atoms with Crippen LogP contribution in [0.2, 0.25) is 20.9 Å². The van der Waals surface area contributed by atoms with E-state index in [1.165, 1.54) is 0 Å². The molecule has 0 atom stereocenters. The van der Waals surface area contributed by atoms with Crippen molar-refractivity contribution in [2.45, 2.75) is 20.9 Å². The predicted octanol–water partition coefficient (Wildman–Crippen LogP) is 2.33. The molecule has 5 heavy (non-hydrogen) atoms. The first-order chi connectivity index (χ1) is 2.00. The normalized spacial score (nSPS) is 12.0. The Morgan fingerprint density at radius 2 is 0.800 bits per heavy atom. The number of hydrogen-bond acceptors (Lipinski definition) is 0. The number of hydrogen-bond donors (Lipinski definition) is 0. The van der Waals surface area contributed by atoms with Gasteiger partial charge in [0.1, 0.15) is 0 Å². The van der Waals surface area contributed by atoms with E-state index >= 15 is 0 Å². The molecule has 1 heteroatoms. The van der Waals surface area contributed by atoms with Gasteiger partial charge in [0, 0.05) is 0 Å². The van der Waals surface area contributed by atoms with Gasteiger partial charge in [0.05, 0.1) is 0 Å². The summed E-state index contributed by atoms with van der Waals surface area (Å²) in [5.74, 6) is 0. The summed E-state index contributed by atoms with van der Waals surface area (Å²) in [4.78, 5) is 0. The molecule has 0 aromatic rings. The molecule has 32 valence electrons. The van der Waals surface area contributed by atoms with Gasteiger partial charge in [-0.1, -0.05) is 0 Å². The van der Waals surface area contributed by atoms with Crippen LogP contribution in [-0.4, -0.2) is 0 Å². The average molecular weight is 108 g/mol. The van der Waals surface area contributed by atoms with E-state index in [1.807, 2.05) is 0 Å². The van der Waals surface area contributed by atoms with Crippen molar-refractivity contribution in [3.8, 4) is 0 Å². The molecule has 0 unspecified atom stereocenters. The van der Waals surface area contributed by atoms with Crippen molar-refractivity contribution in [2.75, 3.05) is 0 Å². The molecular formula is C4H12Ti. The second-order valence-corrected chi connectivity index (χ2v) is 12.4. The van der Waals surface area contributed by atoms with Crippen molar-refractivity contribution in [2.24, 2.45) is 0 Å². The van der Waals surface area contributed by atoms with Crippen molar-refractivity contribution in [3.63, 3.8) is 0 Å². The van der Waals surface area contributed by atoms with Gasteiger partial charge in [0.15, 0.2) is 0 Å². The molecule has 0 saturated carbocycles. The third-order valence-corrected chi connectivity index (χ3v) is 0. The molecule has 0 rings (SSSR count). The Labute approximate surface area is 37.9 Å². The SMILES string of the molecule is [CH3][Ti]([CH3])([CH3])[CH3]. The van der Waals surface area contributed by atoms with Gasteiger partial charge in [-0.15, -0.1) is 0 Å². The Balaban J connectivity index is 3.02. The zero-order valence-electron chi connectivity index (χ0n) is 4.50. The molecule has 0 fully saturated rings. The van der Waals surface area contributed by atoms with Gasteiger partial charge in [0.2, 0.25) is 0 Å². The first-order valence-corrected chi connectivity index (χ1v) is 8.25. The fourth-order valence-electron chi connectivity index (χ4n) is 0. The van der Waals surface area contributed by atoms with Crippen LogP contribution in [0.4, 0.5) is 0 Å². The third kappa shape index (κ3) is 68.1. The topological polar surface area (TPSA) is 0 Å². The minimum absolute atomic E-state index is 1.00. The van der Waals surface area contributed by atoms with Crippen LogP contribution in [0, 0.1) is 0 Å². The molecule has 0 aliphatic rings. The van der Waals surface area contributed by atoms with E-state index in [0.717, 1.165) is 0 Å². The molecule has 0 spiro atoms. The quantitative estimate of drug-likeness (QED) is 0.417. The van der Waals surface area contributed by atoms with Crippen LogP contribution in [0.25, 0.3) is 0 Å². The number of rotatable bonds is 0. The van der Waals surface area contributed by atoms with Crippen LogP contribution in [0.5, 0.6) is 0 Å². The average Bonchev–Trinajstić information content (AvgIpc) is 0.722. The summed E-state index contributed by atoms with van der Waals surface area (Å²) in [5.41, 5.74) is 0. The van der Waals surface area contributed by atoms with Crippen molar-refractivity contribution in [1.29, 1.82) is 0 Å². The maximum absolute atomic E-state index is 2.38. The summed E-state index contributed by atoms with van der Waals surface area (Å²) in [6, 6.07) is 0. The molecule has 0 bridgehead atoms. The third-order valence-electron chi connectivity index (χ3n) is 0. The molecule has 0 aliphatic heterocycles. The molecule has 0 N–H and O–H groups in total. The molecule has 0 aromatic heterocycles. The molecule has 0 radical (unpaired) electrons. The van der Waals surface area contributed by atoms with Gasteiger partial charge in [-0.2, -0.15) is 0 Å². The van der Waals surface area contributed by atoms with Crippen LogP contribution >= 0.6 is 0 Å². The fourth-order valence-corrected chi connectivity index (χ4v) is 0. The van der Waals surface area contributed by atoms with E-state index in [1.54, 1.807) is 0 Å². The van der Waals surface area contributed by atoms with Gasteiger partial charge in [-0.3, -0.25) is 0 Å². The monoisotopic (exact) mass is 108 g/mol. The van der Waals surface area contributed by atoms with E-state index in [4.69, 9.17) is 0 Å². The maximum atomic E-state index is 2.38. The summed E-state index contributed by atoms with van der Waals surface area (Å²) >= 11 is -1.00. The van der Waals surface area contributed by atoms with Crippen LogP contribution in [0.1, 0.15) is 0 Å². The van der Waals surface area contributed by atoms with Crippen LogP contribution < -0.4 is 0 Å². The van der Waals surface area contributed by atoms with Gasteiger partial charge in [-0.05, 0) is 0 Å². The van der Waals surface area contributed by atoms with Crippen LogP contribution in [0.3, 0.4) is 0 Å². The van der Waals surface area contributed by atoms with E-state index < -0.39 is 16.6 Å². The first-order valence-electron chi connectivity index (χ1n) is 2.00. The molecular weight excluding hydrogens is 95.9 g/mol. The van der Waals surface area contributed by atoms with Gasteiger partial charge in [-0.25, -0.2) is 0 Å². The Hall–Kier alpha value is 0.714. The van der Waals surface area contributed by atoms with Crippen LogP contribution in [-0.2, 0) is 16.6 Å². The fraction of sp³-hybridized carbons (Fsp3) is 1.00. The zero-order valence-corrected chi connectivity index (χ0v) is 6.06. The molecule has 0 saturated heterocycles. The molecule has 0 heterocycles. The minimum atomic E-state index is -1.00. The van der Waals surface area contributed by atoms with Gasteiger partial charge < -0.3 is 0 Å². The summed E-state index contributed by atoms with van der Waals surface area (Å²) in [5, 5.41) is 9.50. The van der Waals surface area contributed by atoms with Crippen molar-refractivity contribution in [1.82, 2.24) is 0 Å². The summed E-state index contributed by atoms with van der Waals surface area (Å²) in [6.07, 6.45) is 0. The van der Waals surface area contributed by atoms with E-state index in [0.29, 0.717) is 0 Å². The summed E-state index contributed by atoms with van der Waals surface area (Å²) < 4.78 is 0. The first kappa shape index (κ1) is 5.71. The van der Waals surface area contributed by atoms with Crippen LogP contribution in [0.15, 0.2) is 0 Å². The standard InChI is InChI=1S/4CH3.Ti/h4*1H3;. The Morgan fingerprint density at radius 1 is 0.800 bits per heavy atom. The molecule has 0 aliphatic carbocycles. The zero-order chi connectivity index (χ0) is 4.50. The Morgan fingerprint density at radius 3 is 0.800 bits per heavy atom. The van der Waals surface area contributed by atoms with E-state index in [9.17, 15) is 0 Å². The summed E-state index contributed by atoms with van der Waals surface area (Å²) in [7, 11) is 0. The Kier molecular flexibility index (Phi) is 1.65. The van der Waals surface area contributed by atoms with Crippen molar-refractivity contribution in [3.05, 3.63) is 0 Å². The summed E-state index contributed by atoms with van der Waals surface area (Å²) in [6.45, 7) is 0. The van der Waals surface area contributed by atoms with E-state index in [2.05, 4.69) is 20.9 Å². The molecule has 0 amide bonds. The molecule has 0 aromatic carbocycles. The second kappa shape index (κ2) is 1.44. The van der Waals surface area contributed by atoms with Gasteiger partial charge in [0.25, 0.3) is 0 Å². The van der Waals surface area contributed by atoms with Crippen molar-refractivity contribution >= 4 is 0 Å². The Bertz CT molecular complexity index is 19.1. The van der Waals surface area contributed by atoms with Gasteiger partial charge >= 0.3 is 37.5 Å².